The Kier molecular flexibility index (Phi) is 6.63. The van der Waals surface area contributed by atoms with E-state index in [-0.39, 0.29) is 0 Å². The Labute approximate surface area is 148 Å². The Bertz CT molecular complexity index is 786. The smallest absolute Gasteiger partial charge is 0.338 e. The van der Waals surface area contributed by atoms with E-state index in [1.165, 1.54) is 0 Å². The summed E-state index contributed by atoms with van der Waals surface area (Å²) in [6.07, 6.45) is 2.58. The van der Waals surface area contributed by atoms with Crippen molar-refractivity contribution in [2.24, 2.45) is 0 Å². The van der Waals surface area contributed by atoms with Crippen molar-refractivity contribution in [2.75, 3.05) is 13.2 Å². The van der Waals surface area contributed by atoms with Gasteiger partial charge in [0.25, 0.3) is 0 Å². The number of hydrogen-bond donors (Lipinski definition) is 0. The van der Waals surface area contributed by atoms with E-state index in [0.29, 0.717) is 24.5 Å². The summed E-state index contributed by atoms with van der Waals surface area (Å²) in [5.41, 5.74) is 1.51. The average molecular weight is 340 g/mol. The highest BCUT2D eigenvalue weighted by molar-refractivity contribution is 5.90. The largest absolute Gasteiger partial charge is 0.501 e. The number of allylic oxidation sites excluding steroid dienone is 1. The molecule has 0 aliphatic heterocycles. The zero-order valence-corrected chi connectivity index (χ0v) is 15.0. The molecule has 4 nitrogen and oxygen atoms in total. The summed E-state index contributed by atoms with van der Waals surface area (Å²) in [6.45, 7) is 10.4. The molecule has 0 amide bonds. The highest BCUT2D eigenvalue weighted by Gasteiger charge is 2.06. The van der Waals surface area contributed by atoms with Gasteiger partial charge in [0.2, 0.25) is 0 Å². The number of esters is 1. The van der Waals surface area contributed by atoms with Crippen LogP contribution in [0.2, 0.25) is 0 Å². The van der Waals surface area contributed by atoms with Gasteiger partial charge in [0.1, 0.15) is 11.5 Å². The molecular weight excluding hydrogens is 316 g/mol. The predicted molar refractivity (Wildman–Crippen MR) is 99.9 cm³/mol. The zero-order valence-electron chi connectivity index (χ0n) is 15.0. The molecule has 4 heteroatoms. The number of benzene rings is 2. The molecule has 0 radical (unpaired) electrons. The molecule has 0 aromatic heterocycles. The molecule has 0 heterocycles. The molecule has 25 heavy (non-hydrogen) atoms. The Morgan fingerprint density at radius 1 is 1.00 bits per heavy atom. The number of ether oxygens (including phenoxy) is 3. The second-order valence-electron chi connectivity index (χ2n) is 6.11. The molecule has 0 spiro atoms. The molecule has 0 unspecified atom stereocenters. The minimum Gasteiger partial charge on any atom is -0.501 e. The third kappa shape index (κ3) is 5.99. The van der Waals surface area contributed by atoms with E-state index in [2.05, 4.69) is 6.58 Å². The third-order valence-corrected chi connectivity index (χ3v) is 3.34. The number of rotatable bonds is 8. The van der Waals surface area contributed by atoms with Gasteiger partial charge >= 0.3 is 5.97 Å². The predicted octanol–water partition coefficient (Wildman–Crippen LogP) is 5.03. The van der Waals surface area contributed by atoms with Crippen LogP contribution < -0.4 is 9.47 Å². The maximum atomic E-state index is 11.6. The van der Waals surface area contributed by atoms with E-state index in [1.807, 2.05) is 44.2 Å². The number of carbonyl (C=O) groups excluding carboxylic acids is 1. The van der Waals surface area contributed by atoms with E-state index in [1.54, 1.807) is 19.3 Å². The van der Waals surface area contributed by atoms with Gasteiger partial charge in [0.05, 0.1) is 19.5 Å². The Morgan fingerprint density at radius 2 is 1.64 bits per heavy atom. The van der Waals surface area contributed by atoms with Gasteiger partial charge in [-0.05, 0) is 61.4 Å². The molecule has 0 fully saturated rings. The first-order valence-corrected chi connectivity index (χ1v) is 8.25. The van der Waals surface area contributed by atoms with Crippen LogP contribution in [0.3, 0.4) is 0 Å². The maximum absolute atomic E-state index is 11.6. The Balaban J connectivity index is 1.92. The summed E-state index contributed by atoms with van der Waals surface area (Å²) in [5, 5.41) is 2.00. The van der Waals surface area contributed by atoms with Gasteiger partial charge in [-0.25, -0.2) is 4.79 Å². The van der Waals surface area contributed by atoms with Crippen LogP contribution in [-0.2, 0) is 9.53 Å². The molecule has 0 bridgehead atoms. The molecule has 2 aromatic rings. The van der Waals surface area contributed by atoms with Crippen LogP contribution in [0.25, 0.3) is 10.8 Å². The first-order valence-electron chi connectivity index (χ1n) is 8.25. The zero-order chi connectivity index (χ0) is 18.2. The molecule has 0 N–H and O–H groups in total. The standard InChI is InChI=1S/C21H24O4/c1-15(2)14-23-10-5-11-24-19-8-6-18-13-20(9-7-17(18)12-19)25-21(22)16(3)4/h6-9,12-14H,3,5,10-11H2,1-2,4H3. The lowest BCUT2D eigenvalue weighted by Gasteiger charge is -2.09. The summed E-state index contributed by atoms with van der Waals surface area (Å²) in [4.78, 5) is 11.6. The second kappa shape index (κ2) is 8.92. The molecule has 132 valence electrons. The lowest BCUT2D eigenvalue weighted by molar-refractivity contribution is -0.130. The number of carbonyl (C=O) groups is 1. The lowest BCUT2D eigenvalue weighted by atomic mass is 10.1. The summed E-state index contributed by atoms with van der Waals surface area (Å²) >= 11 is 0. The molecule has 0 atom stereocenters. The Morgan fingerprint density at radius 3 is 2.28 bits per heavy atom. The summed E-state index contributed by atoms with van der Waals surface area (Å²) in [5.74, 6) is 0.890. The van der Waals surface area contributed by atoms with Crippen molar-refractivity contribution >= 4 is 16.7 Å². The van der Waals surface area contributed by atoms with Crippen molar-refractivity contribution in [3.63, 3.8) is 0 Å². The van der Waals surface area contributed by atoms with Crippen LogP contribution in [0.4, 0.5) is 0 Å². The number of hydrogen-bond acceptors (Lipinski definition) is 4. The summed E-state index contributed by atoms with van der Waals surface area (Å²) in [6, 6.07) is 11.3. The average Bonchev–Trinajstić information content (AvgIpc) is 2.57. The quantitative estimate of drug-likeness (QED) is 0.222. The van der Waals surface area contributed by atoms with Gasteiger partial charge in [-0.15, -0.1) is 0 Å². The van der Waals surface area contributed by atoms with Crippen LogP contribution in [0.15, 0.2) is 60.4 Å². The van der Waals surface area contributed by atoms with Crippen molar-refractivity contribution < 1.29 is 19.0 Å². The highest BCUT2D eigenvalue weighted by atomic mass is 16.5. The van der Waals surface area contributed by atoms with Gasteiger partial charge < -0.3 is 14.2 Å². The van der Waals surface area contributed by atoms with Crippen molar-refractivity contribution in [1.29, 1.82) is 0 Å². The molecule has 0 saturated heterocycles. The molecule has 0 aliphatic carbocycles. The topological polar surface area (TPSA) is 44.8 Å². The molecule has 0 aliphatic rings. The molecule has 2 rings (SSSR count). The van der Waals surface area contributed by atoms with Gasteiger partial charge in [0.15, 0.2) is 0 Å². The normalized spacial score (nSPS) is 10.2. The van der Waals surface area contributed by atoms with E-state index in [4.69, 9.17) is 14.2 Å². The van der Waals surface area contributed by atoms with E-state index < -0.39 is 5.97 Å². The van der Waals surface area contributed by atoms with Gasteiger partial charge in [-0.1, -0.05) is 18.7 Å². The first kappa shape index (κ1) is 18.6. The van der Waals surface area contributed by atoms with Crippen LogP contribution >= 0.6 is 0 Å². The molecular formula is C21H24O4. The fourth-order valence-corrected chi connectivity index (χ4v) is 2.11. The van der Waals surface area contributed by atoms with Crippen molar-refractivity contribution in [3.8, 4) is 11.5 Å². The number of fused-ring (bicyclic) bond motifs is 1. The lowest BCUT2D eigenvalue weighted by Crippen LogP contribution is -2.07. The minimum atomic E-state index is -0.422. The Hall–Kier alpha value is -2.75. The van der Waals surface area contributed by atoms with Gasteiger partial charge in [0, 0.05) is 12.0 Å². The highest BCUT2D eigenvalue weighted by Crippen LogP contribution is 2.25. The van der Waals surface area contributed by atoms with Crippen molar-refractivity contribution in [3.05, 3.63) is 60.4 Å². The summed E-state index contributed by atoms with van der Waals surface area (Å²) in [7, 11) is 0. The molecule has 2 aromatic carbocycles. The first-order chi connectivity index (χ1) is 12.0. The van der Waals surface area contributed by atoms with Crippen LogP contribution in [0, 0.1) is 0 Å². The van der Waals surface area contributed by atoms with Crippen LogP contribution in [0.5, 0.6) is 11.5 Å². The maximum Gasteiger partial charge on any atom is 0.338 e. The summed E-state index contributed by atoms with van der Waals surface area (Å²) < 4.78 is 16.4. The van der Waals surface area contributed by atoms with E-state index in [0.717, 1.165) is 28.5 Å². The van der Waals surface area contributed by atoms with Crippen LogP contribution in [-0.4, -0.2) is 19.2 Å². The molecule has 0 saturated carbocycles. The second-order valence-corrected chi connectivity index (χ2v) is 6.11. The van der Waals surface area contributed by atoms with Crippen molar-refractivity contribution in [1.82, 2.24) is 0 Å². The third-order valence-electron chi connectivity index (χ3n) is 3.34. The van der Waals surface area contributed by atoms with E-state index >= 15 is 0 Å². The fourth-order valence-electron chi connectivity index (χ4n) is 2.11. The van der Waals surface area contributed by atoms with Crippen molar-refractivity contribution in [2.45, 2.75) is 27.2 Å². The fraction of sp³-hybridized carbons (Fsp3) is 0.286. The van der Waals surface area contributed by atoms with Crippen LogP contribution in [0.1, 0.15) is 27.2 Å². The van der Waals surface area contributed by atoms with E-state index in [9.17, 15) is 4.79 Å². The SMILES string of the molecule is C=C(C)C(=O)Oc1ccc2cc(OCCCOC=C(C)C)ccc2c1. The monoisotopic (exact) mass is 340 g/mol. The minimum absolute atomic E-state index is 0.373. The van der Waals surface area contributed by atoms with Gasteiger partial charge in [-0.3, -0.25) is 0 Å². The van der Waals surface area contributed by atoms with Gasteiger partial charge in [-0.2, -0.15) is 0 Å².